The van der Waals surface area contributed by atoms with Gasteiger partial charge in [-0.05, 0) is 11.6 Å². The highest BCUT2D eigenvalue weighted by Crippen LogP contribution is 2.11. The van der Waals surface area contributed by atoms with Gasteiger partial charge in [0.2, 0.25) is 0 Å². The Morgan fingerprint density at radius 2 is 2.36 bits per heavy atom. The van der Waals surface area contributed by atoms with Crippen molar-refractivity contribution in [2.24, 2.45) is 0 Å². The maximum absolute atomic E-state index is 10.5. The number of carboxylic acids is 1. The Morgan fingerprint density at radius 1 is 1.64 bits per heavy atom. The lowest BCUT2D eigenvalue weighted by molar-refractivity contribution is 0.0692. The van der Waals surface area contributed by atoms with Crippen molar-refractivity contribution in [3.8, 4) is 0 Å². The van der Waals surface area contributed by atoms with E-state index in [9.17, 15) is 4.79 Å². The molecule has 0 saturated heterocycles. The third-order valence-electron chi connectivity index (χ3n) is 1.56. The predicted molar refractivity (Wildman–Crippen MR) is 51.7 cm³/mol. The topological polar surface area (TPSA) is 96.4 Å². The molecule has 1 heterocycles. The minimum Gasteiger partial charge on any atom is -0.476 e. The molecule has 14 heavy (non-hydrogen) atoms. The second-order valence-corrected chi connectivity index (χ2v) is 2.60. The lowest BCUT2D eigenvalue weighted by Crippen LogP contribution is -2.05. The van der Waals surface area contributed by atoms with Crippen LogP contribution in [0.2, 0.25) is 0 Å². The number of hydrogen-bond donors (Lipinski definition) is 3. The summed E-state index contributed by atoms with van der Waals surface area (Å²) in [5, 5.41) is 17.1. The quantitative estimate of drug-likeness (QED) is 0.645. The van der Waals surface area contributed by atoms with Crippen molar-refractivity contribution in [3.63, 3.8) is 0 Å². The summed E-state index contributed by atoms with van der Waals surface area (Å²) in [5.74, 6) is -1.15. The van der Waals surface area contributed by atoms with Crippen LogP contribution in [-0.2, 0) is 0 Å². The number of nitrogen functional groups attached to an aromatic ring is 1. The molecule has 1 aromatic heterocycles. The number of aliphatic hydroxyl groups is 1. The Balaban J connectivity index is 3.00. The van der Waals surface area contributed by atoms with Gasteiger partial charge in [0.25, 0.3) is 0 Å². The lowest BCUT2D eigenvalue weighted by atomic mass is 10.2. The number of rotatable bonds is 3. The number of carboxylic acid groups (broad SMARTS) is 1. The van der Waals surface area contributed by atoms with Crippen LogP contribution >= 0.6 is 0 Å². The molecule has 0 aliphatic carbocycles. The fourth-order valence-corrected chi connectivity index (χ4v) is 0.957. The van der Waals surface area contributed by atoms with E-state index < -0.39 is 5.97 Å². The molecular formula is C9H10N2O3. The van der Waals surface area contributed by atoms with Crippen LogP contribution < -0.4 is 5.73 Å². The molecule has 0 fully saturated rings. The second-order valence-electron chi connectivity index (χ2n) is 2.60. The summed E-state index contributed by atoms with van der Waals surface area (Å²) in [4.78, 5) is 14.2. The zero-order valence-corrected chi connectivity index (χ0v) is 7.34. The Hall–Kier alpha value is -1.88. The summed E-state index contributed by atoms with van der Waals surface area (Å²) in [6.45, 7) is -0.0828. The first-order chi connectivity index (χ1) is 6.65. The maximum atomic E-state index is 10.5. The summed E-state index contributed by atoms with van der Waals surface area (Å²) in [6, 6.07) is 1.49. The molecule has 4 N–H and O–H groups in total. The van der Waals surface area contributed by atoms with Crippen LogP contribution in [0.25, 0.3) is 6.08 Å². The summed E-state index contributed by atoms with van der Waals surface area (Å²) in [6.07, 6.45) is 4.50. The highest BCUT2D eigenvalue weighted by molar-refractivity contribution is 5.91. The average molecular weight is 194 g/mol. The highest BCUT2D eigenvalue weighted by atomic mass is 16.4. The molecule has 0 saturated carbocycles. The van der Waals surface area contributed by atoms with E-state index in [-0.39, 0.29) is 18.0 Å². The van der Waals surface area contributed by atoms with E-state index in [1.165, 1.54) is 18.3 Å². The van der Waals surface area contributed by atoms with Crippen LogP contribution in [0.1, 0.15) is 16.1 Å². The number of carbonyl (C=O) groups is 1. The number of nitrogens with zero attached hydrogens (tertiary/aromatic N) is 1. The predicted octanol–water partition coefficient (Wildman–Crippen LogP) is 0.367. The molecule has 0 aliphatic rings. The highest BCUT2D eigenvalue weighted by Gasteiger charge is 2.08. The molecule has 0 aliphatic heterocycles. The van der Waals surface area contributed by atoms with Crippen molar-refractivity contribution in [2.75, 3.05) is 12.3 Å². The molecule has 74 valence electrons. The largest absolute Gasteiger partial charge is 0.476 e. The molecule has 0 aromatic carbocycles. The van der Waals surface area contributed by atoms with E-state index in [4.69, 9.17) is 15.9 Å². The van der Waals surface area contributed by atoms with Crippen molar-refractivity contribution >= 4 is 17.7 Å². The monoisotopic (exact) mass is 194 g/mol. The van der Waals surface area contributed by atoms with E-state index in [0.29, 0.717) is 5.56 Å². The van der Waals surface area contributed by atoms with Crippen molar-refractivity contribution < 1.29 is 15.0 Å². The molecule has 0 atom stereocenters. The van der Waals surface area contributed by atoms with Gasteiger partial charge in [-0.25, -0.2) is 9.78 Å². The first kappa shape index (κ1) is 10.2. The van der Waals surface area contributed by atoms with Crippen LogP contribution in [0, 0.1) is 0 Å². The molecule has 5 heteroatoms. The van der Waals surface area contributed by atoms with Crippen molar-refractivity contribution in [1.82, 2.24) is 4.98 Å². The molecule has 5 nitrogen and oxygen atoms in total. The minimum absolute atomic E-state index is 0.0828. The second kappa shape index (κ2) is 4.38. The van der Waals surface area contributed by atoms with Gasteiger partial charge >= 0.3 is 5.97 Å². The van der Waals surface area contributed by atoms with Gasteiger partial charge in [0.05, 0.1) is 12.3 Å². The molecule has 0 bridgehead atoms. The fraction of sp³-hybridized carbons (Fsp3) is 0.111. The van der Waals surface area contributed by atoms with Gasteiger partial charge in [-0.3, -0.25) is 0 Å². The van der Waals surface area contributed by atoms with Crippen LogP contribution in [0.5, 0.6) is 0 Å². The lowest BCUT2D eigenvalue weighted by Gasteiger charge is -2.00. The first-order valence-electron chi connectivity index (χ1n) is 3.91. The van der Waals surface area contributed by atoms with Gasteiger partial charge in [-0.2, -0.15) is 0 Å². The molecular weight excluding hydrogens is 184 g/mol. The van der Waals surface area contributed by atoms with Crippen LogP contribution in [0.4, 0.5) is 5.69 Å². The minimum atomic E-state index is -1.15. The summed E-state index contributed by atoms with van der Waals surface area (Å²) < 4.78 is 0. The van der Waals surface area contributed by atoms with Gasteiger partial charge in [-0.15, -0.1) is 0 Å². The van der Waals surface area contributed by atoms with E-state index in [0.717, 1.165) is 0 Å². The Labute approximate surface area is 80.5 Å². The molecule has 1 aromatic rings. The molecule has 0 amide bonds. The number of aromatic nitrogens is 1. The van der Waals surface area contributed by atoms with Crippen LogP contribution in [0.15, 0.2) is 18.3 Å². The smallest absolute Gasteiger partial charge is 0.356 e. The van der Waals surface area contributed by atoms with Gasteiger partial charge < -0.3 is 15.9 Å². The maximum Gasteiger partial charge on any atom is 0.356 e. The number of pyridine rings is 1. The van der Waals surface area contributed by atoms with E-state index in [2.05, 4.69) is 4.98 Å². The number of aromatic carboxylic acids is 1. The normalized spacial score (nSPS) is 10.6. The van der Waals surface area contributed by atoms with Crippen LogP contribution in [0.3, 0.4) is 0 Å². The number of aliphatic hydroxyl groups excluding tert-OH is 1. The zero-order chi connectivity index (χ0) is 10.6. The van der Waals surface area contributed by atoms with E-state index in [1.807, 2.05) is 0 Å². The Bertz CT molecular complexity index is 374. The fourth-order valence-electron chi connectivity index (χ4n) is 0.957. The number of nitrogens with two attached hydrogens (primary N) is 1. The summed E-state index contributed by atoms with van der Waals surface area (Å²) >= 11 is 0. The van der Waals surface area contributed by atoms with Crippen molar-refractivity contribution in [2.45, 2.75) is 0 Å². The number of anilines is 1. The van der Waals surface area contributed by atoms with Gasteiger partial charge in [0.1, 0.15) is 0 Å². The molecule has 1 rings (SSSR count). The SMILES string of the molecule is Nc1cc(C=CCO)cnc1C(=O)O. The third kappa shape index (κ3) is 2.30. The Morgan fingerprint density at radius 3 is 2.86 bits per heavy atom. The molecule has 0 spiro atoms. The van der Waals surface area contributed by atoms with Crippen LogP contribution in [-0.4, -0.2) is 27.8 Å². The third-order valence-corrected chi connectivity index (χ3v) is 1.56. The van der Waals surface area contributed by atoms with Gasteiger partial charge in [0, 0.05) is 6.20 Å². The summed E-state index contributed by atoms with van der Waals surface area (Å²) in [7, 11) is 0. The Kier molecular flexibility index (Phi) is 3.19. The van der Waals surface area contributed by atoms with Crippen molar-refractivity contribution in [3.05, 3.63) is 29.6 Å². The van der Waals surface area contributed by atoms with Gasteiger partial charge in [0.15, 0.2) is 5.69 Å². The first-order valence-corrected chi connectivity index (χ1v) is 3.91. The average Bonchev–Trinajstić information content (AvgIpc) is 2.14. The van der Waals surface area contributed by atoms with Gasteiger partial charge in [-0.1, -0.05) is 12.2 Å². The number of hydrogen-bond acceptors (Lipinski definition) is 4. The van der Waals surface area contributed by atoms with E-state index >= 15 is 0 Å². The zero-order valence-electron chi connectivity index (χ0n) is 7.34. The van der Waals surface area contributed by atoms with Crippen molar-refractivity contribution in [1.29, 1.82) is 0 Å². The molecule has 0 unspecified atom stereocenters. The summed E-state index contributed by atoms with van der Waals surface area (Å²) in [5.41, 5.74) is 6.06. The standard InChI is InChI=1S/C9H10N2O3/c10-7-4-6(2-1-3-12)5-11-8(7)9(13)14/h1-2,4-5,12H,3,10H2,(H,13,14). The van der Waals surface area contributed by atoms with E-state index in [1.54, 1.807) is 6.08 Å². The molecule has 0 radical (unpaired) electrons.